The molecule has 2 rings (SSSR count). The molecular weight excluding hydrogens is 305 g/mol. The fourth-order valence-corrected chi connectivity index (χ4v) is 3.04. The number of furan rings is 1. The molecule has 1 heterocycles. The van der Waals surface area contributed by atoms with Crippen LogP contribution in [-0.2, 0) is 0 Å². The molecule has 1 aliphatic rings. The number of hydrogen-bond donors (Lipinski definition) is 1. The first kappa shape index (κ1) is 13.0. The number of carbonyl (C=O) groups is 1. The van der Waals surface area contributed by atoms with Crippen LogP contribution in [-0.4, -0.2) is 17.3 Å². The van der Waals surface area contributed by atoms with Crippen molar-refractivity contribution in [3.63, 3.8) is 0 Å². The van der Waals surface area contributed by atoms with Crippen molar-refractivity contribution in [3.8, 4) is 0 Å². The highest BCUT2D eigenvalue weighted by Gasteiger charge is 2.33. The van der Waals surface area contributed by atoms with Gasteiger partial charge in [0.1, 0.15) is 0 Å². The fourth-order valence-electron chi connectivity index (χ4n) is 2.28. The quantitative estimate of drug-likeness (QED) is 0.863. The summed E-state index contributed by atoms with van der Waals surface area (Å²) in [5.74, 6) is 0.349. The van der Waals surface area contributed by atoms with Gasteiger partial charge in [0.25, 0.3) is 5.91 Å². The van der Waals surface area contributed by atoms with Crippen LogP contribution >= 0.6 is 27.5 Å². The number of alkyl halides is 1. The van der Waals surface area contributed by atoms with E-state index in [1.165, 1.54) is 12.7 Å². The highest BCUT2D eigenvalue weighted by molar-refractivity contribution is 9.10. The molecule has 1 aromatic heterocycles. The molecule has 0 aromatic carbocycles. The van der Waals surface area contributed by atoms with E-state index in [0.717, 1.165) is 25.7 Å². The van der Waals surface area contributed by atoms with Gasteiger partial charge in [-0.3, -0.25) is 4.79 Å². The first-order valence-electron chi connectivity index (χ1n) is 5.78. The lowest BCUT2D eigenvalue weighted by atomic mass is 9.83. The topological polar surface area (TPSA) is 42.2 Å². The van der Waals surface area contributed by atoms with E-state index < -0.39 is 0 Å². The van der Waals surface area contributed by atoms with Crippen molar-refractivity contribution in [2.45, 2.75) is 37.6 Å². The number of rotatable bonds is 3. The Morgan fingerprint density at radius 3 is 2.71 bits per heavy atom. The Morgan fingerprint density at radius 1 is 1.47 bits per heavy atom. The van der Waals surface area contributed by atoms with E-state index >= 15 is 0 Å². The van der Waals surface area contributed by atoms with E-state index in [2.05, 4.69) is 21.2 Å². The van der Waals surface area contributed by atoms with Gasteiger partial charge in [-0.25, -0.2) is 0 Å². The number of carbonyl (C=O) groups excluding carboxylic acids is 1. The van der Waals surface area contributed by atoms with Crippen LogP contribution < -0.4 is 5.32 Å². The second kappa shape index (κ2) is 5.44. The van der Waals surface area contributed by atoms with Crippen molar-refractivity contribution in [2.75, 3.05) is 5.88 Å². The Morgan fingerprint density at radius 2 is 2.18 bits per heavy atom. The molecule has 1 saturated carbocycles. The molecule has 0 saturated heterocycles. The predicted octanol–water partition coefficient (Wildman–Crippen LogP) is 3.71. The van der Waals surface area contributed by atoms with Gasteiger partial charge in [0.15, 0.2) is 4.67 Å². The van der Waals surface area contributed by atoms with Crippen molar-refractivity contribution in [1.29, 1.82) is 0 Å². The molecule has 1 aromatic rings. The standard InChI is InChI=1S/C12H15BrClNO2/c13-10-9(4-7-17-10)11(16)15-12(8-14)5-2-1-3-6-12/h4,7H,1-3,5-6,8H2,(H,15,16). The smallest absolute Gasteiger partial charge is 0.256 e. The maximum Gasteiger partial charge on any atom is 0.256 e. The third kappa shape index (κ3) is 2.86. The number of nitrogens with one attached hydrogen (secondary N) is 1. The van der Waals surface area contributed by atoms with Crippen molar-refractivity contribution in [2.24, 2.45) is 0 Å². The van der Waals surface area contributed by atoms with Gasteiger partial charge in [-0.2, -0.15) is 0 Å². The van der Waals surface area contributed by atoms with Crippen LogP contribution in [0.2, 0.25) is 0 Å². The average Bonchev–Trinajstić information content (AvgIpc) is 2.77. The lowest BCUT2D eigenvalue weighted by Gasteiger charge is -2.36. The third-order valence-corrected chi connectivity index (χ3v) is 4.43. The van der Waals surface area contributed by atoms with Gasteiger partial charge in [0.2, 0.25) is 0 Å². The molecule has 1 amide bonds. The van der Waals surface area contributed by atoms with E-state index in [-0.39, 0.29) is 11.4 Å². The molecule has 1 fully saturated rings. The van der Waals surface area contributed by atoms with Gasteiger partial charge in [-0.1, -0.05) is 19.3 Å². The monoisotopic (exact) mass is 319 g/mol. The van der Waals surface area contributed by atoms with Crippen LogP contribution in [0, 0.1) is 0 Å². The lowest BCUT2D eigenvalue weighted by molar-refractivity contribution is 0.0883. The van der Waals surface area contributed by atoms with Gasteiger partial charge < -0.3 is 9.73 Å². The maximum atomic E-state index is 12.1. The average molecular weight is 321 g/mol. The Kier molecular flexibility index (Phi) is 4.15. The van der Waals surface area contributed by atoms with Crippen molar-refractivity contribution in [1.82, 2.24) is 5.32 Å². The summed E-state index contributed by atoms with van der Waals surface area (Å²) in [6.07, 6.45) is 6.88. The van der Waals surface area contributed by atoms with Crippen LogP contribution in [0.3, 0.4) is 0 Å². The van der Waals surface area contributed by atoms with E-state index in [1.807, 2.05) is 0 Å². The summed E-state index contributed by atoms with van der Waals surface area (Å²) < 4.78 is 5.53. The van der Waals surface area contributed by atoms with Crippen LogP contribution in [0.1, 0.15) is 42.5 Å². The van der Waals surface area contributed by atoms with E-state index in [9.17, 15) is 4.79 Å². The molecule has 5 heteroatoms. The predicted molar refractivity (Wildman–Crippen MR) is 70.4 cm³/mol. The van der Waals surface area contributed by atoms with Crippen LogP contribution in [0.4, 0.5) is 0 Å². The minimum absolute atomic E-state index is 0.117. The zero-order valence-electron chi connectivity index (χ0n) is 9.47. The molecule has 17 heavy (non-hydrogen) atoms. The van der Waals surface area contributed by atoms with Crippen molar-refractivity contribution in [3.05, 3.63) is 22.6 Å². The molecule has 0 radical (unpaired) electrons. The van der Waals surface area contributed by atoms with Gasteiger partial charge in [0.05, 0.1) is 17.4 Å². The highest BCUT2D eigenvalue weighted by atomic mass is 79.9. The van der Waals surface area contributed by atoms with Crippen molar-refractivity contribution < 1.29 is 9.21 Å². The maximum absolute atomic E-state index is 12.1. The zero-order valence-corrected chi connectivity index (χ0v) is 11.8. The summed E-state index contributed by atoms with van der Waals surface area (Å²) in [4.78, 5) is 12.1. The molecule has 0 bridgehead atoms. The highest BCUT2D eigenvalue weighted by Crippen LogP contribution is 2.30. The Hall–Kier alpha value is -0.480. The molecule has 0 atom stereocenters. The number of hydrogen-bond acceptors (Lipinski definition) is 2. The van der Waals surface area contributed by atoms with Gasteiger partial charge in [0, 0.05) is 5.88 Å². The van der Waals surface area contributed by atoms with Crippen LogP contribution in [0.5, 0.6) is 0 Å². The molecule has 1 N–H and O–H groups in total. The summed E-state index contributed by atoms with van der Waals surface area (Å²) in [5, 5.41) is 3.06. The minimum atomic E-state index is -0.242. The van der Waals surface area contributed by atoms with Crippen molar-refractivity contribution >= 4 is 33.4 Å². The second-order valence-electron chi connectivity index (χ2n) is 4.54. The molecule has 0 unspecified atom stereocenters. The SMILES string of the molecule is O=C(NC1(CCl)CCCCC1)c1ccoc1Br. The second-order valence-corrected chi connectivity index (χ2v) is 5.52. The summed E-state index contributed by atoms with van der Waals surface area (Å²) in [7, 11) is 0. The summed E-state index contributed by atoms with van der Waals surface area (Å²) in [6, 6.07) is 1.66. The first-order chi connectivity index (χ1) is 8.17. The molecule has 0 aliphatic heterocycles. The molecule has 94 valence electrons. The Balaban J connectivity index is 2.08. The molecule has 1 aliphatic carbocycles. The molecule has 0 spiro atoms. The summed E-state index contributed by atoms with van der Waals surface area (Å²) in [5.41, 5.74) is 0.285. The Bertz CT molecular complexity index is 399. The third-order valence-electron chi connectivity index (χ3n) is 3.31. The normalized spacial score (nSPS) is 18.9. The largest absolute Gasteiger partial charge is 0.457 e. The van der Waals surface area contributed by atoms with Crippen LogP contribution in [0.15, 0.2) is 21.4 Å². The number of halogens is 2. The number of amides is 1. The van der Waals surface area contributed by atoms with Gasteiger partial charge in [-0.15, -0.1) is 11.6 Å². The summed E-state index contributed by atoms with van der Waals surface area (Å²) >= 11 is 9.24. The zero-order chi connectivity index (χ0) is 12.3. The minimum Gasteiger partial charge on any atom is -0.457 e. The lowest BCUT2D eigenvalue weighted by Crippen LogP contribution is -2.51. The van der Waals surface area contributed by atoms with E-state index in [0.29, 0.717) is 16.1 Å². The first-order valence-corrected chi connectivity index (χ1v) is 7.11. The van der Waals surface area contributed by atoms with E-state index in [1.54, 1.807) is 6.07 Å². The summed E-state index contributed by atoms with van der Waals surface area (Å²) in [6.45, 7) is 0. The van der Waals surface area contributed by atoms with Gasteiger partial charge in [-0.05, 0) is 34.8 Å². The van der Waals surface area contributed by atoms with Gasteiger partial charge >= 0.3 is 0 Å². The van der Waals surface area contributed by atoms with Crippen LogP contribution in [0.25, 0.3) is 0 Å². The fraction of sp³-hybridized carbons (Fsp3) is 0.583. The molecular formula is C12H15BrClNO2. The molecule has 3 nitrogen and oxygen atoms in total. The Labute approximate surface area is 114 Å². The van der Waals surface area contributed by atoms with E-state index in [4.69, 9.17) is 16.0 Å².